The topological polar surface area (TPSA) is 59.8 Å². The Morgan fingerprint density at radius 1 is 0.970 bits per heavy atom. The summed E-state index contributed by atoms with van der Waals surface area (Å²) in [4.78, 5) is 12.6. The van der Waals surface area contributed by atoms with Gasteiger partial charge in [-0.1, -0.05) is 64.8 Å². The summed E-state index contributed by atoms with van der Waals surface area (Å²) in [5.41, 5.74) is 1.94. The first-order valence-corrected chi connectivity index (χ1v) is 11.8. The summed E-state index contributed by atoms with van der Waals surface area (Å²) >= 11 is 20.1. The molecule has 0 aliphatic carbocycles. The van der Waals surface area contributed by atoms with Crippen LogP contribution in [0.5, 0.6) is 0 Å². The summed E-state index contributed by atoms with van der Waals surface area (Å²) < 4.78 is 15.0. The van der Waals surface area contributed by atoms with Gasteiger partial charge in [0.2, 0.25) is 0 Å². The van der Waals surface area contributed by atoms with Crippen molar-refractivity contribution in [2.24, 2.45) is 0 Å². The quantitative estimate of drug-likeness (QED) is 0.279. The van der Waals surface area contributed by atoms with Crippen molar-refractivity contribution in [3.05, 3.63) is 105 Å². The van der Waals surface area contributed by atoms with Crippen LogP contribution < -0.4 is 5.32 Å². The first kappa shape index (κ1) is 23.6. The van der Waals surface area contributed by atoms with Gasteiger partial charge in [-0.2, -0.15) is 0 Å². The number of nitrogens with zero attached hydrogens (tertiary/aromatic N) is 3. The summed E-state index contributed by atoms with van der Waals surface area (Å²) in [6.45, 7) is 0.0955. The third-order valence-corrected chi connectivity index (χ3v) is 6.41. The van der Waals surface area contributed by atoms with E-state index in [0.717, 1.165) is 5.56 Å². The highest BCUT2D eigenvalue weighted by Gasteiger charge is 2.18. The Morgan fingerprint density at radius 2 is 1.73 bits per heavy atom. The summed E-state index contributed by atoms with van der Waals surface area (Å²) in [5.74, 6) is 0.405. The molecule has 0 unspecified atom stereocenters. The predicted octanol–water partition coefficient (Wildman–Crippen LogP) is 6.59. The first-order valence-electron chi connectivity index (χ1n) is 9.71. The number of rotatable bonds is 7. The van der Waals surface area contributed by atoms with Crippen molar-refractivity contribution in [1.29, 1.82) is 0 Å². The maximum absolute atomic E-state index is 13.2. The van der Waals surface area contributed by atoms with Gasteiger partial charge in [0.1, 0.15) is 5.82 Å². The standard InChI is InChI=1S/C23H16Cl3FN4OS/c24-16-3-1-2-15(10-16)22(32)28-12-21-29-30-23(33-13-14-4-7-18(27)8-5-14)31(21)20-11-17(25)6-9-19(20)26/h1-11H,12-13H2,(H,28,32). The maximum Gasteiger partial charge on any atom is 0.251 e. The van der Waals surface area contributed by atoms with Crippen LogP contribution in [-0.4, -0.2) is 20.7 Å². The highest BCUT2D eigenvalue weighted by Crippen LogP contribution is 2.31. The van der Waals surface area contributed by atoms with Crippen molar-refractivity contribution in [2.45, 2.75) is 17.5 Å². The normalized spacial score (nSPS) is 10.9. The first-order chi connectivity index (χ1) is 15.9. The van der Waals surface area contributed by atoms with Crippen LogP contribution in [0.2, 0.25) is 15.1 Å². The zero-order valence-electron chi connectivity index (χ0n) is 16.9. The number of aromatic nitrogens is 3. The highest BCUT2D eigenvalue weighted by atomic mass is 35.5. The molecule has 1 amide bonds. The molecular formula is C23H16Cl3FN4OS. The van der Waals surface area contributed by atoms with Gasteiger partial charge in [0.25, 0.3) is 5.91 Å². The monoisotopic (exact) mass is 520 g/mol. The molecule has 4 aromatic rings. The number of amides is 1. The molecule has 0 radical (unpaired) electrons. The molecule has 0 saturated heterocycles. The van der Waals surface area contributed by atoms with E-state index in [1.807, 2.05) is 0 Å². The molecule has 4 rings (SSSR count). The lowest BCUT2D eigenvalue weighted by Gasteiger charge is -2.13. The lowest BCUT2D eigenvalue weighted by molar-refractivity contribution is 0.0949. The van der Waals surface area contributed by atoms with E-state index >= 15 is 0 Å². The SMILES string of the molecule is O=C(NCc1nnc(SCc2ccc(F)cc2)n1-c1cc(Cl)ccc1Cl)c1cccc(Cl)c1. The van der Waals surface area contributed by atoms with Crippen LogP contribution >= 0.6 is 46.6 Å². The Bertz CT molecular complexity index is 1300. The number of hydrogen-bond acceptors (Lipinski definition) is 4. The van der Waals surface area contributed by atoms with Crippen LogP contribution in [0, 0.1) is 5.82 Å². The zero-order valence-corrected chi connectivity index (χ0v) is 20.0. The van der Waals surface area contributed by atoms with E-state index in [0.29, 0.717) is 43.1 Å². The average Bonchev–Trinajstić information content (AvgIpc) is 3.21. The van der Waals surface area contributed by atoms with Gasteiger partial charge in [0, 0.05) is 21.4 Å². The van der Waals surface area contributed by atoms with Crippen molar-refractivity contribution < 1.29 is 9.18 Å². The predicted molar refractivity (Wildman–Crippen MR) is 130 cm³/mol. The van der Waals surface area contributed by atoms with Gasteiger partial charge < -0.3 is 5.32 Å². The second-order valence-electron chi connectivity index (χ2n) is 6.94. The van der Waals surface area contributed by atoms with Crippen LogP contribution in [0.25, 0.3) is 5.69 Å². The van der Waals surface area contributed by atoms with E-state index < -0.39 is 0 Å². The van der Waals surface area contributed by atoms with Crippen molar-refractivity contribution in [1.82, 2.24) is 20.1 Å². The number of thioether (sulfide) groups is 1. The second kappa shape index (κ2) is 10.6. The smallest absolute Gasteiger partial charge is 0.251 e. The largest absolute Gasteiger partial charge is 0.345 e. The van der Waals surface area contributed by atoms with Crippen molar-refractivity contribution in [2.75, 3.05) is 0 Å². The fourth-order valence-corrected chi connectivity index (χ4v) is 4.51. The minimum atomic E-state index is -0.301. The number of benzene rings is 3. The Balaban J connectivity index is 1.61. The van der Waals surface area contributed by atoms with E-state index in [-0.39, 0.29) is 18.3 Å². The minimum Gasteiger partial charge on any atom is -0.345 e. The summed E-state index contributed by atoms with van der Waals surface area (Å²) in [6, 6.07) is 18.0. The second-order valence-corrected chi connectivity index (χ2v) is 9.16. The van der Waals surface area contributed by atoms with Crippen LogP contribution in [-0.2, 0) is 12.3 Å². The van der Waals surface area contributed by atoms with Gasteiger partial charge in [0.05, 0.1) is 17.3 Å². The number of halogens is 4. The van der Waals surface area contributed by atoms with E-state index in [4.69, 9.17) is 34.8 Å². The van der Waals surface area contributed by atoms with Crippen molar-refractivity contribution in [3.63, 3.8) is 0 Å². The third-order valence-electron chi connectivity index (χ3n) is 4.62. The van der Waals surface area contributed by atoms with Crippen molar-refractivity contribution in [3.8, 4) is 5.69 Å². The maximum atomic E-state index is 13.2. The fraction of sp³-hybridized carbons (Fsp3) is 0.0870. The van der Waals surface area contributed by atoms with Crippen LogP contribution in [0.4, 0.5) is 4.39 Å². The molecule has 0 spiro atoms. The minimum absolute atomic E-state index is 0.0955. The molecule has 33 heavy (non-hydrogen) atoms. The highest BCUT2D eigenvalue weighted by molar-refractivity contribution is 7.98. The van der Waals surface area contributed by atoms with Crippen LogP contribution in [0.15, 0.2) is 71.9 Å². The molecule has 0 aliphatic rings. The lowest BCUT2D eigenvalue weighted by atomic mass is 10.2. The van der Waals surface area contributed by atoms with E-state index in [2.05, 4.69) is 15.5 Å². The van der Waals surface area contributed by atoms with Crippen LogP contribution in [0.3, 0.4) is 0 Å². The molecule has 10 heteroatoms. The lowest BCUT2D eigenvalue weighted by Crippen LogP contribution is -2.24. The molecule has 1 heterocycles. The molecule has 3 aromatic carbocycles. The molecular weight excluding hydrogens is 506 g/mol. The van der Waals surface area contributed by atoms with E-state index in [9.17, 15) is 9.18 Å². The molecule has 0 bridgehead atoms. The van der Waals surface area contributed by atoms with E-state index in [1.54, 1.807) is 59.2 Å². The van der Waals surface area contributed by atoms with E-state index in [1.165, 1.54) is 23.9 Å². The fourth-order valence-electron chi connectivity index (χ4n) is 3.03. The Kier molecular flexibility index (Phi) is 7.55. The average molecular weight is 522 g/mol. The number of hydrogen-bond donors (Lipinski definition) is 1. The zero-order chi connectivity index (χ0) is 23.4. The summed E-state index contributed by atoms with van der Waals surface area (Å²) in [6.07, 6.45) is 0. The van der Waals surface area contributed by atoms with Crippen molar-refractivity contribution >= 4 is 52.5 Å². The molecule has 0 saturated carbocycles. The van der Waals surface area contributed by atoms with Gasteiger partial charge in [-0.05, 0) is 54.1 Å². The molecule has 1 aromatic heterocycles. The van der Waals surface area contributed by atoms with Crippen LogP contribution in [0.1, 0.15) is 21.7 Å². The summed E-state index contributed by atoms with van der Waals surface area (Å²) in [5, 5.41) is 13.3. The van der Waals surface area contributed by atoms with Gasteiger partial charge in [-0.15, -0.1) is 10.2 Å². The molecule has 0 aliphatic heterocycles. The van der Waals surface area contributed by atoms with Gasteiger partial charge in [-0.3, -0.25) is 9.36 Å². The third kappa shape index (κ3) is 5.86. The Hall–Kier alpha value is -2.58. The molecule has 1 N–H and O–H groups in total. The molecule has 0 atom stereocenters. The Morgan fingerprint density at radius 3 is 2.48 bits per heavy atom. The molecule has 168 valence electrons. The summed E-state index contributed by atoms with van der Waals surface area (Å²) in [7, 11) is 0. The number of nitrogens with one attached hydrogen (secondary N) is 1. The Labute approximate surface area is 208 Å². The van der Waals surface area contributed by atoms with Gasteiger partial charge in [0.15, 0.2) is 11.0 Å². The number of carbonyl (C=O) groups is 1. The number of carbonyl (C=O) groups excluding carboxylic acids is 1. The molecule has 5 nitrogen and oxygen atoms in total. The van der Waals surface area contributed by atoms with Gasteiger partial charge in [-0.25, -0.2) is 4.39 Å². The molecule has 0 fully saturated rings. The van der Waals surface area contributed by atoms with Gasteiger partial charge >= 0.3 is 0 Å².